The predicted octanol–water partition coefficient (Wildman–Crippen LogP) is -0.130. The maximum atomic E-state index is 11.9. The van der Waals surface area contributed by atoms with E-state index >= 15 is 0 Å². The molecule has 0 radical (unpaired) electrons. The van der Waals surface area contributed by atoms with Crippen LogP contribution in [-0.4, -0.2) is 37.4 Å². The minimum Gasteiger partial charge on any atom is -0.397 e. The van der Waals surface area contributed by atoms with Crippen LogP contribution in [0.15, 0.2) is 18.2 Å². The monoisotopic (exact) mass is 290 g/mol. The molecule has 0 aromatic heterocycles. The number of hydrogen-bond donors (Lipinski definition) is 3. The molecular weight excluding hydrogens is 272 g/mol. The third kappa shape index (κ3) is 2.81. The molecule has 112 valence electrons. The van der Waals surface area contributed by atoms with Gasteiger partial charge in [-0.1, -0.05) is 6.92 Å². The highest BCUT2D eigenvalue weighted by atomic mass is 16.2. The first-order valence-corrected chi connectivity index (χ1v) is 6.69. The summed E-state index contributed by atoms with van der Waals surface area (Å²) in [6.07, 6.45) is 0.551. The van der Waals surface area contributed by atoms with Crippen molar-refractivity contribution in [2.45, 2.75) is 19.4 Å². The Hall–Kier alpha value is -2.57. The van der Waals surface area contributed by atoms with Crippen molar-refractivity contribution in [3.05, 3.63) is 23.8 Å². The molecule has 1 aromatic carbocycles. The SMILES string of the molecule is CCC1C(=O)NC(=O)CN1c1ccc(C(=O)NC)cc1N. The molecule has 1 fully saturated rings. The van der Waals surface area contributed by atoms with Crippen molar-refractivity contribution in [2.24, 2.45) is 0 Å². The smallest absolute Gasteiger partial charge is 0.251 e. The Bertz CT molecular complexity index is 600. The van der Waals surface area contributed by atoms with Crippen molar-refractivity contribution in [1.82, 2.24) is 10.6 Å². The zero-order valence-electron chi connectivity index (χ0n) is 12.0. The summed E-state index contributed by atoms with van der Waals surface area (Å²) in [6.45, 7) is 1.93. The minimum absolute atomic E-state index is 0.0633. The van der Waals surface area contributed by atoms with Gasteiger partial charge in [0.05, 0.1) is 17.9 Å². The highest BCUT2D eigenvalue weighted by Gasteiger charge is 2.33. The molecule has 2 rings (SSSR count). The van der Waals surface area contributed by atoms with E-state index in [2.05, 4.69) is 10.6 Å². The van der Waals surface area contributed by atoms with Crippen molar-refractivity contribution >= 4 is 29.1 Å². The number of nitrogen functional groups attached to an aromatic ring is 1. The lowest BCUT2D eigenvalue weighted by Crippen LogP contribution is -2.58. The quantitative estimate of drug-likeness (QED) is 0.531. The van der Waals surface area contributed by atoms with Crippen molar-refractivity contribution in [3.8, 4) is 0 Å². The highest BCUT2D eigenvalue weighted by molar-refractivity contribution is 6.05. The van der Waals surface area contributed by atoms with E-state index in [1.165, 1.54) is 13.1 Å². The van der Waals surface area contributed by atoms with Crippen molar-refractivity contribution in [3.63, 3.8) is 0 Å². The Morgan fingerprint density at radius 3 is 2.76 bits per heavy atom. The zero-order valence-corrected chi connectivity index (χ0v) is 12.0. The van der Waals surface area contributed by atoms with Crippen molar-refractivity contribution in [2.75, 3.05) is 24.2 Å². The summed E-state index contributed by atoms with van der Waals surface area (Å²) >= 11 is 0. The third-order valence-corrected chi connectivity index (χ3v) is 3.47. The van der Waals surface area contributed by atoms with Crippen LogP contribution >= 0.6 is 0 Å². The van der Waals surface area contributed by atoms with E-state index in [4.69, 9.17) is 5.73 Å². The Morgan fingerprint density at radius 2 is 2.19 bits per heavy atom. The lowest BCUT2D eigenvalue weighted by molar-refractivity contribution is -0.132. The average Bonchev–Trinajstić information content (AvgIpc) is 2.45. The number of nitrogens with zero attached hydrogens (tertiary/aromatic N) is 1. The molecule has 1 aliphatic rings. The second kappa shape index (κ2) is 5.82. The van der Waals surface area contributed by atoms with Crippen LogP contribution in [-0.2, 0) is 9.59 Å². The molecule has 21 heavy (non-hydrogen) atoms. The normalized spacial score (nSPS) is 18.4. The summed E-state index contributed by atoms with van der Waals surface area (Å²) in [6, 6.07) is 4.37. The van der Waals surface area contributed by atoms with Crippen molar-refractivity contribution in [1.29, 1.82) is 0 Å². The molecule has 1 unspecified atom stereocenters. The lowest BCUT2D eigenvalue weighted by atomic mass is 10.1. The van der Waals surface area contributed by atoms with Gasteiger partial charge >= 0.3 is 0 Å². The third-order valence-electron chi connectivity index (χ3n) is 3.47. The first kappa shape index (κ1) is 14.8. The number of hydrogen-bond acceptors (Lipinski definition) is 5. The summed E-state index contributed by atoms with van der Waals surface area (Å²) in [5.74, 6) is -0.934. The van der Waals surface area contributed by atoms with E-state index in [0.29, 0.717) is 23.4 Å². The van der Waals surface area contributed by atoms with Gasteiger partial charge in [-0.15, -0.1) is 0 Å². The van der Waals surface area contributed by atoms with Crippen LogP contribution in [0.25, 0.3) is 0 Å². The van der Waals surface area contributed by atoms with Crippen LogP contribution in [0.5, 0.6) is 0 Å². The first-order chi connectivity index (χ1) is 9.97. The van der Waals surface area contributed by atoms with Crippen LogP contribution in [0.2, 0.25) is 0 Å². The van der Waals surface area contributed by atoms with E-state index in [1.54, 1.807) is 17.0 Å². The summed E-state index contributed by atoms with van der Waals surface area (Å²) < 4.78 is 0. The number of rotatable bonds is 3. The number of piperazine rings is 1. The van der Waals surface area contributed by atoms with Gasteiger partial charge in [0.1, 0.15) is 6.04 Å². The number of nitrogens with two attached hydrogens (primary N) is 1. The number of anilines is 2. The van der Waals surface area contributed by atoms with Gasteiger partial charge in [0.25, 0.3) is 5.91 Å². The highest BCUT2D eigenvalue weighted by Crippen LogP contribution is 2.28. The molecular formula is C14H18N4O3. The van der Waals surface area contributed by atoms with Crippen LogP contribution in [0.3, 0.4) is 0 Å². The van der Waals surface area contributed by atoms with Gasteiger partial charge in [-0.2, -0.15) is 0 Å². The molecule has 1 atom stereocenters. The Balaban J connectivity index is 2.37. The largest absolute Gasteiger partial charge is 0.397 e. The molecule has 0 spiro atoms. The van der Waals surface area contributed by atoms with Gasteiger partial charge in [-0.3, -0.25) is 19.7 Å². The Labute approximate surface area is 122 Å². The standard InChI is InChI=1S/C14H18N4O3/c1-3-10-14(21)17-12(19)7-18(10)11-5-4-8(6-9(11)15)13(20)16-2/h4-6,10H,3,7,15H2,1-2H3,(H,16,20)(H,17,19,21). The molecule has 1 saturated heterocycles. The molecule has 0 bridgehead atoms. The van der Waals surface area contributed by atoms with Gasteiger partial charge in [0.2, 0.25) is 11.8 Å². The van der Waals surface area contributed by atoms with Gasteiger partial charge in [0.15, 0.2) is 0 Å². The fraction of sp³-hybridized carbons (Fsp3) is 0.357. The van der Waals surface area contributed by atoms with Crippen LogP contribution in [0, 0.1) is 0 Å². The van der Waals surface area contributed by atoms with Crippen LogP contribution in [0.1, 0.15) is 23.7 Å². The molecule has 7 nitrogen and oxygen atoms in total. The summed E-state index contributed by atoms with van der Waals surface area (Å²) in [4.78, 5) is 36.7. The fourth-order valence-electron chi connectivity index (χ4n) is 2.43. The average molecular weight is 290 g/mol. The van der Waals surface area contributed by atoms with E-state index in [1.807, 2.05) is 6.92 Å². The van der Waals surface area contributed by atoms with E-state index in [0.717, 1.165) is 0 Å². The lowest BCUT2D eigenvalue weighted by Gasteiger charge is -2.35. The molecule has 7 heteroatoms. The molecule has 1 aliphatic heterocycles. The van der Waals surface area contributed by atoms with E-state index in [9.17, 15) is 14.4 Å². The second-order valence-electron chi connectivity index (χ2n) is 4.82. The summed E-state index contributed by atoms with van der Waals surface area (Å²) in [5.41, 5.74) is 7.36. The topological polar surface area (TPSA) is 105 Å². The zero-order chi connectivity index (χ0) is 15.6. The van der Waals surface area contributed by atoms with Gasteiger partial charge < -0.3 is 16.0 Å². The number of carbonyl (C=O) groups is 3. The van der Waals surface area contributed by atoms with Gasteiger partial charge in [-0.05, 0) is 24.6 Å². The maximum Gasteiger partial charge on any atom is 0.251 e. The van der Waals surface area contributed by atoms with Gasteiger partial charge in [-0.25, -0.2) is 0 Å². The predicted molar refractivity (Wildman–Crippen MR) is 78.8 cm³/mol. The van der Waals surface area contributed by atoms with Crippen LogP contribution in [0.4, 0.5) is 11.4 Å². The van der Waals surface area contributed by atoms with Crippen LogP contribution < -0.4 is 21.3 Å². The molecule has 0 aliphatic carbocycles. The number of nitrogens with one attached hydrogen (secondary N) is 2. The summed E-state index contributed by atoms with van der Waals surface area (Å²) in [5, 5.41) is 4.83. The number of carbonyl (C=O) groups excluding carboxylic acids is 3. The maximum absolute atomic E-state index is 11.9. The number of imide groups is 1. The molecule has 4 N–H and O–H groups in total. The molecule has 1 aromatic rings. The van der Waals surface area contributed by atoms with Crippen molar-refractivity contribution < 1.29 is 14.4 Å². The molecule has 3 amide bonds. The number of amides is 3. The molecule has 0 saturated carbocycles. The van der Waals surface area contributed by atoms with E-state index < -0.39 is 6.04 Å². The first-order valence-electron chi connectivity index (χ1n) is 6.69. The number of benzene rings is 1. The molecule has 1 heterocycles. The Kier molecular flexibility index (Phi) is 4.11. The summed E-state index contributed by atoms with van der Waals surface area (Å²) in [7, 11) is 1.53. The second-order valence-corrected chi connectivity index (χ2v) is 4.82. The van der Waals surface area contributed by atoms with E-state index in [-0.39, 0.29) is 24.3 Å². The Morgan fingerprint density at radius 1 is 1.48 bits per heavy atom. The fourth-order valence-corrected chi connectivity index (χ4v) is 2.43. The van der Waals surface area contributed by atoms with Gasteiger partial charge in [0, 0.05) is 12.6 Å². The minimum atomic E-state index is -0.448.